The van der Waals surface area contributed by atoms with E-state index in [0.29, 0.717) is 0 Å². The first-order chi connectivity index (χ1) is 21.9. The minimum atomic E-state index is -5.12. The molecular formula is C21H27N10O13P2+. The molecule has 0 aromatic carbocycles. The maximum Gasteiger partial charge on any atom is 0.534 e. The molecule has 248 valence electrons. The van der Waals surface area contributed by atoms with Gasteiger partial charge in [-0.2, -0.15) is 9.88 Å². The molecule has 0 aliphatic carbocycles. The summed E-state index contributed by atoms with van der Waals surface area (Å²) < 4.78 is 54.3. The van der Waals surface area contributed by atoms with Gasteiger partial charge in [-0.05, 0) is 4.57 Å². The summed E-state index contributed by atoms with van der Waals surface area (Å²) in [5.74, 6) is -0.224. The summed E-state index contributed by atoms with van der Waals surface area (Å²) in [5.41, 5.74) is 10.9. The Labute approximate surface area is 256 Å². The normalized spacial score (nSPS) is 29.9. The van der Waals surface area contributed by atoms with Gasteiger partial charge in [0.1, 0.15) is 48.5 Å². The lowest BCUT2D eigenvalue weighted by molar-refractivity contribution is -0.0649. The van der Waals surface area contributed by atoms with Crippen LogP contribution in [0.4, 0.5) is 11.8 Å². The van der Waals surface area contributed by atoms with Crippen molar-refractivity contribution in [2.75, 3.05) is 31.0 Å². The molecule has 0 bridgehead atoms. The zero-order chi connectivity index (χ0) is 32.9. The molecule has 23 nitrogen and oxygen atoms in total. The lowest BCUT2D eigenvalue weighted by Crippen LogP contribution is -2.37. The number of anilines is 2. The van der Waals surface area contributed by atoms with Crippen LogP contribution in [0.15, 0.2) is 23.8 Å². The van der Waals surface area contributed by atoms with E-state index >= 15 is 0 Å². The number of ether oxygens (including phenoxy) is 3. The molecule has 10 N–H and O–H groups in total. The molecule has 4 aromatic rings. The first-order valence-electron chi connectivity index (χ1n) is 13.2. The first kappa shape index (κ1) is 32.4. The topological polar surface area (TPSA) is 341 Å². The number of nitrogens with one attached hydrogen (secondary N) is 1. The Morgan fingerprint density at radius 3 is 2.41 bits per heavy atom. The van der Waals surface area contributed by atoms with E-state index in [1.165, 1.54) is 10.9 Å². The van der Waals surface area contributed by atoms with Gasteiger partial charge in [0, 0.05) is 0 Å². The summed E-state index contributed by atoms with van der Waals surface area (Å²) in [4.78, 5) is 54.4. The third kappa shape index (κ3) is 5.99. The highest BCUT2D eigenvalue weighted by molar-refractivity contribution is 7.47. The number of imidazole rings is 2. The molecule has 6 heterocycles. The smallest absolute Gasteiger partial charge is 0.394 e. The van der Waals surface area contributed by atoms with E-state index in [1.54, 1.807) is 0 Å². The minimum Gasteiger partial charge on any atom is -0.394 e. The van der Waals surface area contributed by atoms with Gasteiger partial charge in [-0.15, -0.1) is 0 Å². The maximum absolute atomic E-state index is 13.2. The SMILES string of the molecule is Nc1nc2c(ncn2[C@@H]2O[C@H](COP(=O)(O)OC3C(O)[C@@H](CO)O[C@H]3n3cnc4c(N)ncnc43)C(OC[P+](=O)O)C2O)c(=O)[nH]1. The van der Waals surface area contributed by atoms with Crippen LogP contribution in [0, 0.1) is 0 Å². The number of hydrogen-bond donors (Lipinski definition) is 8. The summed E-state index contributed by atoms with van der Waals surface area (Å²) in [7, 11) is -7.95. The lowest BCUT2D eigenvalue weighted by Gasteiger charge is -2.25. The first-order valence-corrected chi connectivity index (χ1v) is 16.1. The molecule has 4 aromatic heterocycles. The average molecular weight is 689 g/mol. The molecule has 2 aliphatic heterocycles. The number of H-pyrrole nitrogens is 1. The molecule has 25 heteroatoms. The Morgan fingerprint density at radius 2 is 1.70 bits per heavy atom. The molecule has 0 saturated carbocycles. The number of nitrogens with two attached hydrogens (primary N) is 2. The minimum absolute atomic E-state index is 0.0314. The second-order valence-electron chi connectivity index (χ2n) is 10.1. The zero-order valence-electron chi connectivity index (χ0n) is 23.2. The summed E-state index contributed by atoms with van der Waals surface area (Å²) in [6.07, 6.45) is -8.88. The van der Waals surface area contributed by atoms with E-state index in [2.05, 4.69) is 29.9 Å². The van der Waals surface area contributed by atoms with Gasteiger partial charge in [-0.25, -0.2) is 24.5 Å². The van der Waals surface area contributed by atoms with Crippen LogP contribution in [-0.2, 0) is 32.4 Å². The molecule has 0 spiro atoms. The van der Waals surface area contributed by atoms with E-state index in [-0.39, 0.29) is 34.1 Å². The molecule has 46 heavy (non-hydrogen) atoms. The number of rotatable bonds is 11. The number of phosphoric ester groups is 1. The van der Waals surface area contributed by atoms with Crippen molar-refractivity contribution >= 4 is 49.9 Å². The summed E-state index contributed by atoms with van der Waals surface area (Å²) in [5, 5.41) is 31.6. The van der Waals surface area contributed by atoms with Gasteiger partial charge in [0.25, 0.3) is 11.9 Å². The van der Waals surface area contributed by atoms with Crippen molar-refractivity contribution in [1.82, 2.24) is 39.0 Å². The fraction of sp³-hybridized carbons (Fsp3) is 0.524. The second kappa shape index (κ2) is 12.6. The standard InChI is InChI=1S/C21H26N10O13P2/c22-15-9-16(25-3-24-15)30(4-26-9)20-14(11(33)7(1-32)42-20)44-46(38,39)41-2-8-13(40-6-45(36)37)12(34)19(43-8)31-5-27-10-17(31)28-21(23)29-18(10)35/h3-5,7-8,11-14,19-20,32-34H,1-2,6H2,(H6-,22,23,24,25,28,29,35,36,37,38,39)/p+1/t7-,8-,11?,12?,13?,14?,19-,20-/m1/s1. The van der Waals surface area contributed by atoms with E-state index in [1.807, 2.05) is 0 Å². The zero-order valence-corrected chi connectivity index (χ0v) is 24.9. The van der Waals surface area contributed by atoms with Crippen molar-refractivity contribution in [1.29, 1.82) is 0 Å². The third-order valence-corrected chi connectivity index (χ3v) is 8.58. The highest BCUT2D eigenvalue weighted by Gasteiger charge is 2.51. The third-order valence-electron chi connectivity index (χ3n) is 7.22. The molecule has 10 atom stereocenters. The van der Waals surface area contributed by atoms with Crippen molar-refractivity contribution in [3.63, 3.8) is 0 Å². The van der Waals surface area contributed by atoms with Crippen molar-refractivity contribution in [2.24, 2.45) is 0 Å². The quantitative estimate of drug-likeness (QED) is 0.0738. The predicted octanol–water partition coefficient (Wildman–Crippen LogP) is -2.79. The Morgan fingerprint density at radius 1 is 1.00 bits per heavy atom. The van der Waals surface area contributed by atoms with Gasteiger partial charge in [0.05, 0.1) is 25.9 Å². The van der Waals surface area contributed by atoms with Crippen LogP contribution in [0.5, 0.6) is 0 Å². The molecule has 0 radical (unpaired) electrons. The van der Waals surface area contributed by atoms with Crippen molar-refractivity contribution in [2.45, 2.75) is 49.1 Å². The number of aromatic amines is 1. The lowest BCUT2D eigenvalue weighted by atomic mass is 10.1. The van der Waals surface area contributed by atoms with Crippen LogP contribution in [0.3, 0.4) is 0 Å². The molecule has 2 fully saturated rings. The van der Waals surface area contributed by atoms with Gasteiger partial charge in [-0.3, -0.25) is 28.0 Å². The molecule has 6 rings (SSSR count). The van der Waals surface area contributed by atoms with Crippen molar-refractivity contribution in [3.05, 3.63) is 29.3 Å². The maximum atomic E-state index is 13.2. The van der Waals surface area contributed by atoms with Crippen LogP contribution in [0.2, 0.25) is 0 Å². The highest BCUT2D eigenvalue weighted by Crippen LogP contribution is 2.50. The van der Waals surface area contributed by atoms with Gasteiger partial charge in [0.15, 0.2) is 35.1 Å². The number of nitrogens with zero attached hydrogens (tertiary/aromatic N) is 7. The van der Waals surface area contributed by atoms with Gasteiger partial charge >= 0.3 is 15.9 Å². The average Bonchev–Trinajstić information content (AvgIpc) is 3.76. The monoisotopic (exact) mass is 689 g/mol. The van der Waals surface area contributed by atoms with Crippen molar-refractivity contribution in [3.8, 4) is 0 Å². The number of hydrogen-bond acceptors (Lipinski definition) is 18. The van der Waals surface area contributed by atoms with Gasteiger partial charge in [0.2, 0.25) is 5.95 Å². The van der Waals surface area contributed by atoms with Gasteiger partial charge in [-0.1, -0.05) is 0 Å². The molecule has 6 unspecified atom stereocenters. The predicted molar refractivity (Wildman–Crippen MR) is 149 cm³/mol. The highest BCUT2D eigenvalue weighted by atomic mass is 31.2. The fourth-order valence-corrected chi connectivity index (χ4v) is 6.42. The van der Waals surface area contributed by atoms with Crippen LogP contribution in [0.25, 0.3) is 22.3 Å². The number of fused-ring (bicyclic) bond motifs is 2. The number of aliphatic hydroxyl groups is 3. The van der Waals surface area contributed by atoms with Crippen LogP contribution in [0.1, 0.15) is 12.5 Å². The largest absolute Gasteiger partial charge is 0.534 e. The molecule has 2 saturated heterocycles. The summed E-state index contributed by atoms with van der Waals surface area (Å²) in [6, 6.07) is 0. The van der Waals surface area contributed by atoms with Crippen LogP contribution < -0.4 is 17.0 Å². The Hall–Kier alpha value is -3.57. The van der Waals surface area contributed by atoms with Gasteiger partial charge < -0.3 is 45.9 Å². The second-order valence-corrected chi connectivity index (χ2v) is 12.5. The van der Waals surface area contributed by atoms with Crippen molar-refractivity contribution < 1.29 is 57.5 Å². The van der Waals surface area contributed by atoms with E-state index < -0.39 is 90.1 Å². The number of aromatic nitrogens is 8. The number of aliphatic hydroxyl groups excluding tert-OH is 3. The molecular weight excluding hydrogens is 662 g/mol. The van der Waals surface area contributed by atoms with E-state index in [9.17, 15) is 39.0 Å². The Balaban J connectivity index is 1.22. The van der Waals surface area contributed by atoms with Crippen LogP contribution in [-0.4, -0.2) is 120 Å². The summed E-state index contributed by atoms with van der Waals surface area (Å²) in [6.45, 7) is -1.49. The molecule has 0 amide bonds. The number of phosphoric acid groups is 1. The fourth-order valence-electron chi connectivity index (χ4n) is 5.18. The van der Waals surface area contributed by atoms with E-state index in [4.69, 9.17) is 34.7 Å². The summed E-state index contributed by atoms with van der Waals surface area (Å²) >= 11 is 0. The van der Waals surface area contributed by atoms with E-state index in [0.717, 1.165) is 17.2 Å². The Kier molecular flexibility index (Phi) is 8.84. The molecule has 2 aliphatic rings. The Bertz CT molecular complexity index is 1870. The number of nitrogen functional groups attached to an aromatic ring is 2. The van der Waals surface area contributed by atoms with Crippen LogP contribution >= 0.6 is 15.9 Å².